The third-order valence-corrected chi connectivity index (χ3v) is 5.75. The van der Waals surface area contributed by atoms with Gasteiger partial charge >= 0.3 is 0 Å². The van der Waals surface area contributed by atoms with Gasteiger partial charge in [-0.05, 0) is 33.6 Å². The van der Waals surface area contributed by atoms with Crippen LogP contribution < -0.4 is 5.32 Å². The fraction of sp³-hybridized carbons (Fsp3) is 0.944. The highest BCUT2D eigenvalue weighted by molar-refractivity contribution is 14.0. The molecule has 3 heterocycles. The molecule has 146 valence electrons. The molecule has 3 fully saturated rings. The Labute approximate surface area is 169 Å². The number of aliphatic imine (C=N–C) groups is 1. The van der Waals surface area contributed by atoms with Crippen LogP contribution in [-0.4, -0.2) is 87.0 Å². The van der Waals surface area contributed by atoms with Crippen LogP contribution >= 0.6 is 24.0 Å². The lowest BCUT2D eigenvalue weighted by atomic mass is 9.87. The van der Waals surface area contributed by atoms with E-state index in [9.17, 15) is 0 Å². The first-order valence-corrected chi connectivity index (χ1v) is 9.58. The van der Waals surface area contributed by atoms with E-state index >= 15 is 0 Å². The van der Waals surface area contributed by atoms with Gasteiger partial charge in [-0.15, -0.1) is 24.0 Å². The minimum absolute atomic E-state index is 0. The standard InChI is InChI=1S/C18H34N4O2.HI/c1-4-19-17(21-7-5-18(13-21)6-9-24-14-18)20-11-15(2)22-8-10-23-12-16(22)3;/h15-16H,4-14H2,1-3H3,(H,19,20);1H. The number of nitrogens with zero attached hydrogens (tertiary/aromatic N) is 3. The molecule has 6 nitrogen and oxygen atoms in total. The second-order valence-electron chi connectivity index (χ2n) is 7.68. The third kappa shape index (κ3) is 5.20. The predicted octanol–water partition coefficient (Wildman–Crippen LogP) is 1.79. The summed E-state index contributed by atoms with van der Waals surface area (Å²) in [5, 5.41) is 3.49. The fourth-order valence-corrected chi connectivity index (χ4v) is 4.23. The van der Waals surface area contributed by atoms with Crippen molar-refractivity contribution in [1.29, 1.82) is 0 Å². The quantitative estimate of drug-likeness (QED) is 0.389. The Morgan fingerprint density at radius 2 is 2.12 bits per heavy atom. The molecule has 0 amide bonds. The maximum atomic E-state index is 5.65. The monoisotopic (exact) mass is 466 g/mol. The van der Waals surface area contributed by atoms with Gasteiger partial charge in [0.2, 0.25) is 0 Å². The maximum Gasteiger partial charge on any atom is 0.193 e. The van der Waals surface area contributed by atoms with E-state index in [1.807, 2.05) is 0 Å². The van der Waals surface area contributed by atoms with Crippen molar-refractivity contribution in [2.45, 2.75) is 45.7 Å². The molecule has 3 atom stereocenters. The molecule has 0 aromatic carbocycles. The molecule has 0 radical (unpaired) electrons. The van der Waals surface area contributed by atoms with E-state index in [1.54, 1.807) is 0 Å². The van der Waals surface area contributed by atoms with E-state index in [0.29, 0.717) is 17.5 Å². The molecule has 0 aliphatic carbocycles. The lowest BCUT2D eigenvalue weighted by Crippen LogP contribution is -2.50. The third-order valence-electron chi connectivity index (χ3n) is 5.75. The van der Waals surface area contributed by atoms with Crippen molar-refractivity contribution >= 4 is 29.9 Å². The van der Waals surface area contributed by atoms with Gasteiger partial charge in [0.25, 0.3) is 0 Å². The van der Waals surface area contributed by atoms with Crippen LogP contribution in [-0.2, 0) is 9.47 Å². The van der Waals surface area contributed by atoms with Crippen LogP contribution in [0, 0.1) is 5.41 Å². The molecule has 3 aliphatic heterocycles. The molecule has 0 bridgehead atoms. The van der Waals surface area contributed by atoms with E-state index in [-0.39, 0.29) is 24.0 Å². The number of guanidine groups is 1. The lowest BCUT2D eigenvalue weighted by molar-refractivity contribution is -0.0166. The first kappa shape index (κ1) is 21.2. The molecular formula is C18H35IN4O2. The molecule has 1 N–H and O–H groups in total. The van der Waals surface area contributed by atoms with Gasteiger partial charge in [-0.3, -0.25) is 9.89 Å². The minimum Gasteiger partial charge on any atom is -0.381 e. The first-order chi connectivity index (χ1) is 11.6. The summed E-state index contributed by atoms with van der Waals surface area (Å²) in [5.41, 5.74) is 0.376. The van der Waals surface area contributed by atoms with Crippen molar-refractivity contribution in [2.75, 3.05) is 59.2 Å². The highest BCUT2D eigenvalue weighted by Gasteiger charge is 2.42. The van der Waals surface area contributed by atoms with Crippen LogP contribution in [0.15, 0.2) is 4.99 Å². The summed E-state index contributed by atoms with van der Waals surface area (Å²) in [6.07, 6.45) is 2.43. The van der Waals surface area contributed by atoms with Gasteiger partial charge < -0.3 is 19.7 Å². The topological polar surface area (TPSA) is 49.3 Å². The van der Waals surface area contributed by atoms with Gasteiger partial charge in [-0.2, -0.15) is 0 Å². The number of hydrogen-bond acceptors (Lipinski definition) is 4. The molecular weight excluding hydrogens is 431 g/mol. The van der Waals surface area contributed by atoms with E-state index in [4.69, 9.17) is 14.5 Å². The fourth-order valence-electron chi connectivity index (χ4n) is 4.23. The zero-order valence-electron chi connectivity index (χ0n) is 16.0. The van der Waals surface area contributed by atoms with E-state index in [1.165, 1.54) is 12.8 Å². The summed E-state index contributed by atoms with van der Waals surface area (Å²) in [4.78, 5) is 9.93. The maximum absolute atomic E-state index is 5.65. The average Bonchev–Trinajstić information content (AvgIpc) is 3.22. The van der Waals surface area contributed by atoms with E-state index in [2.05, 4.69) is 35.9 Å². The number of rotatable bonds is 4. The second-order valence-corrected chi connectivity index (χ2v) is 7.68. The van der Waals surface area contributed by atoms with Gasteiger partial charge in [0.05, 0.1) is 26.4 Å². The molecule has 7 heteroatoms. The Morgan fingerprint density at radius 1 is 1.28 bits per heavy atom. The molecule has 0 aromatic heterocycles. The SMILES string of the molecule is CCNC(=NCC(C)N1CCOCC1C)N1CCC2(CCOC2)C1.I. The molecule has 3 unspecified atom stereocenters. The first-order valence-electron chi connectivity index (χ1n) is 9.58. The van der Waals surface area contributed by atoms with E-state index < -0.39 is 0 Å². The summed E-state index contributed by atoms with van der Waals surface area (Å²) < 4.78 is 11.2. The Morgan fingerprint density at radius 3 is 2.80 bits per heavy atom. The van der Waals surface area contributed by atoms with Crippen LogP contribution in [0.3, 0.4) is 0 Å². The van der Waals surface area contributed by atoms with E-state index in [0.717, 1.165) is 65.1 Å². The average molecular weight is 466 g/mol. The second kappa shape index (κ2) is 9.71. The van der Waals surface area contributed by atoms with Crippen LogP contribution in [0.2, 0.25) is 0 Å². The zero-order chi connectivity index (χ0) is 17.0. The van der Waals surface area contributed by atoms with Crippen LogP contribution in [0.5, 0.6) is 0 Å². The molecule has 3 aliphatic rings. The van der Waals surface area contributed by atoms with Gasteiger partial charge in [0.1, 0.15) is 0 Å². The van der Waals surface area contributed by atoms with Gasteiger partial charge in [-0.25, -0.2) is 0 Å². The Balaban J connectivity index is 0.00000225. The number of halogens is 1. The van der Waals surface area contributed by atoms with Crippen molar-refractivity contribution < 1.29 is 9.47 Å². The Hall–Kier alpha value is -0.120. The van der Waals surface area contributed by atoms with Crippen molar-refractivity contribution in [3.8, 4) is 0 Å². The van der Waals surface area contributed by atoms with Crippen molar-refractivity contribution in [3.63, 3.8) is 0 Å². The summed E-state index contributed by atoms with van der Waals surface area (Å²) in [6.45, 7) is 15.1. The zero-order valence-corrected chi connectivity index (χ0v) is 18.3. The summed E-state index contributed by atoms with van der Waals surface area (Å²) in [6, 6.07) is 0.932. The predicted molar refractivity (Wildman–Crippen MR) is 112 cm³/mol. The summed E-state index contributed by atoms with van der Waals surface area (Å²) in [7, 11) is 0. The smallest absolute Gasteiger partial charge is 0.193 e. The largest absolute Gasteiger partial charge is 0.381 e. The minimum atomic E-state index is 0. The summed E-state index contributed by atoms with van der Waals surface area (Å²) >= 11 is 0. The number of morpholine rings is 1. The van der Waals surface area contributed by atoms with Crippen molar-refractivity contribution in [2.24, 2.45) is 10.4 Å². The molecule has 3 rings (SSSR count). The summed E-state index contributed by atoms with van der Waals surface area (Å²) in [5.74, 6) is 1.08. The molecule has 3 saturated heterocycles. The highest BCUT2D eigenvalue weighted by Crippen LogP contribution is 2.38. The van der Waals surface area contributed by atoms with Crippen LogP contribution in [0.4, 0.5) is 0 Å². The normalized spacial score (nSPS) is 32.0. The lowest BCUT2D eigenvalue weighted by Gasteiger charge is -2.37. The van der Waals surface area contributed by atoms with Crippen LogP contribution in [0.25, 0.3) is 0 Å². The number of nitrogens with one attached hydrogen (secondary N) is 1. The molecule has 25 heavy (non-hydrogen) atoms. The van der Waals surface area contributed by atoms with Gasteiger partial charge in [0, 0.05) is 50.3 Å². The van der Waals surface area contributed by atoms with Crippen molar-refractivity contribution in [1.82, 2.24) is 15.1 Å². The molecule has 0 saturated carbocycles. The van der Waals surface area contributed by atoms with Gasteiger partial charge in [-0.1, -0.05) is 0 Å². The molecule has 1 spiro atoms. The highest BCUT2D eigenvalue weighted by atomic mass is 127. The number of hydrogen-bond donors (Lipinski definition) is 1. The Bertz CT molecular complexity index is 443. The molecule has 0 aromatic rings. The Kier molecular flexibility index (Phi) is 8.23. The number of likely N-dealkylation sites (tertiary alicyclic amines) is 1. The van der Waals surface area contributed by atoms with Gasteiger partial charge in [0.15, 0.2) is 5.96 Å². The van der Waals surface area contributed by atoms with Crippen molar-refractivity contribution in [3.05, 3.63) is 0 Å². The van der Waals surface area contributed by atoms with Crippen LogP contribution in [0.1, 0.15) is 33.6 Å². The number of ether oxygens (including phenoxy) is 2.